The highest BCUT2D eigenvalue weighted by Crippen LogP contribution is 2.26. The van der Waals surface area contributed by atoms with Crippen LogP contribution >= 0.6 is 11.3 Å². The van der Waals surface area contributed by atoms with Crippen molar-refractivity contribution in [2.24, 2.45) is 0 Å². The molecule has 0 unspecified atom stereocenters. The van der Waals surface area contributed by atoms with Crippen LogP contribution in [0.5, 0.6) is 5.75 Å². The third kappa shape index (κ3) is 3.45. The number of hydrogen-bond donors (Lipinski definition) is 0. The van der Waals surface area contributed by atoms with Gasteiger partial charge in [-0.15, -0.1) is 11.3 Å². The molecule has 0 saturated carbocycles. The number of hydrogen-bond acceptors (Lipinski definition) is 6. The number of aryl methyl sites for hydroxylation is 1. The van der Waals surface area contributed by atoms with Crippen molar-refractivity contribution in [1.82, 2.24) is 19.2 Å². The van der Waals surface area contributed by atoms with Gasteiger partial charge in [0.25, 0.3) is 5.56 Å². The van der Waals surface area contributed by atoms with Gasteiger partial charge in [-0.3, -0.25) is 19.0 Å². The second-order valence-corrected chi connectivity index (χ2v) is 8.51. The SMILES string of the molecule is Cc1csc2nc(CN3CCN(Cc4ccc5c(c4)CCO5)CC3)cc(=O)n12. The lowest BCUT2D eigenvalue weighted by Gasteiger charge is -2.34. The maximum absolute atomic E-state index is 12.4. The standard InChI is InChI=1S/C21H24N4O2S/c1-15-14-28-21-22-18(11-20(26)25(15)21)13-24-7-5-23(6-8-24)12-16-2-3-19-17(10-16)4-9-27-19/h2-3,10-11,14H,4-9,12-13H2,1H3. The Morgan fingerprint density at radius 3 is 2.71 bits per heavy atom. The van der Waals surface area contributed by atoms with Gasteiger partial charge in [0.15, 0.2) is 4.96 Å². The van der Waals surface area contributed by atoms with E-state index in [4.69, 9.17) is 4.74 Å². The number of benzene rings is 1. The molecule has 1 saturated heterocycles. The van der Waals surface area contributed by atoms with Crippen LogP contribution in [0.4, 0.5) is 0 Å². The van der Waals surface area contributed by atoms with Crippen molar-refractivity contribution in [2.45, 2.75) is 26.4 Å². The molecule has 0 aliphatic carbocycles. The zero-order valence-corrected chi connectivity index (χ0v) is 16.9. The Morgan fingerprint density at radius 1 is 1.11 bits per heavy atom. The highest BCUT2D eigenvalue weighted by Gasteiger charge is 2.19. The van der Waals surface area contributed by atoms with E-state index in [2.05, 4.69) is 33.0 Å². The average molecular weight is 397 g/mol. The van der Waals surface area contributed by atoms with Gasteiger partial charge in [0.2, 0.25) is 0 Å². The minimum Gasteiger partial charge on any atom is -0.493 e. The summed E-state index contributed by atoms with van der Waals surface area (Å²) in [5, 5.41) is 1.98. The first-order valence-electron chi connectivity index (χ1n) is 9.82. The van der Waals surface area contributed by atoms with Gasteiger partial charge in [0.1, 0.15) is 5.75 Å². The van der Waals surface area contributed by atoms with Gasteiger partial charge in [-0.05, 0) is 24.1 Å². The van der Waals surface area contributed by atoms with E-state index in [9.17, 15) is 4.79 Å². The number of rotatable bonds is 4. The molecule has 2 aliphatic rings. The van der Waals surface area contributed by atoms with Gasteiger partial charge >= 0.3 is 0 Å². The molecule has 0 amide bonds. The van der Waals surface area contributed by atoms with E-state index >= 15 is 0 Å². The van der Waals surface area contributed by atoms with Crippen molar-refractivity contribution in [3.8, 4) is 5.75 Å². The molecule has 1 aromatic carbocycles. The third-order valence-corrected chi connectivity index (χ3v) is 6.58. The third-order valence-electron chi connectivity index (χ3n) is 5.64. The fourth-order valence-corrected chi connectivity index (χ4v) is 5.00. The van der Waals surface area contributed by atoms with Gasteiger partial charge < -0.3 is 4.74 Å². The molecule has 146 valence electrons. The molecule has 0 bridgehead atoms. The van der Waals surface area contributed by atoms with Crippen LogP contribution in [0.15, 0.2) is 34.4 Å². The molecule has 2 aliphatic heterocycles. The summed E-state index contributed by atoms with van der Waals surface area (Å²) >= 11 is 1.53. The van der Waals surface area contributed by atoms with E-state index in [1.165, 1.54) is 22.5 Å². The second-order valence-electron chi connectivity index (χ2n) is 7.67. The minimum absolute atomic E-state index is 0.0259. The second kappa shape index (κ2) is 7.31. The van der Waals surface area contributed by atoms with Gasteiger partial charge in [0.05, 0.1) is 12.3 Å². The Balaban J connectivity index is 1.20. The van der Waals surface area contributed by atoms with Gasteiger partial charge in [-0.25, -0.2) is 4.98 Å². The molecule has 28 heavy (non-hydrogen) atoms. The summed E-state index contributed by atoms with van der Waals surface area (Å²) < 4.78 is 7.29. The fourth-order valence-electron chi connectivity index (χ4n) is 4.11. The van der Waals surface area contributed by atoms with Gasteiger partial charge in [-0.2, -0.15) is 0 Å². The molecule has 3 aromatic rings. The van der Waals surface area contributed by atoms with Crippen LogP contribution in [0.3, 0.4) is 0 Å². The van der Waals surface area contributed by atoms with Crippen molar-refractivity contribution in [2.75, 3.05) is 32.8 Å². The quantitative estimate of drug-likeness (QED) is 0.677. The van der Waals surface area contributed by atoms with Crippen LogP contribution in [0, 0.1) is 6.92 Å². The number of thiazole rings is 1. The molecule has 6 nitrogen and oxygen atoms in total. The van der Waals surface area contributed by atoms with E-state index in [1.807, 2.05) is 12.3 Å². The molecule has 5 rings (SSSR count). The van der Waals surface area contributed by atoms with Crippen molar-refractivity contribution < 1.29 is 4.74 Å². The Labute approximate surface area is 168 Å². The lowest BCUT2D eigenvalue weighted by Crippen LogP contribution is -2.45. The summed E-state index contributed by atoms with van der Waals surface area (Å²) in [5.74, 6) is 1.05. The zero-order chi connectivity index (χ0) is 19.1. The number of fused-ring (bicyclic) bond motifs is 2. The predicted octanol–water partition coefficient (Wildman–Crippen LogP) is 2.32. The van der Waals surface area contributed by atoms with Gasteiger partial charge in [-0.1, -0.05) is 12.1 Å². The van der Waals surface area contributed by atoms with Crippen LogP contribution in [-0.4, -0.2) is 52.0 Å². The largest absolute Gasteiger partial charge is 0.493 e. The van der Waals surface area contributed by atoms with Crippen molar-refractivity contribution >= 4 is 16.3 Å². The molecule has 0 radical (unpaired) electrons. The Kier molecular flexibility index (Phi) is 4.66. The molecule has 2 aromatic heterocycles. The summed E-state index contributed by atoms with van der Waals surface area (Å²) in [5.41, 5.74) is 4.56. The predicted molar refractivity (Wildman–Crippen MR) is 110 cm³/mol. The van der Waals surface area contributed by atoms with E-state index in [0.717, 1.165) is 74.4 Å². The normalized spacial score (nSPS) is 17.8. The van der Waals surface area contributed by atoms with Crippen LogP contribution in [0.25, 0.3) is 4.96 Å². The number of nitrogens with zero attached hydrogens (tertiary/aromatic N) is 4. The van der Waals surface area contributed by atoms with E-state index in [0.29, 0.717) is 0 Å². The average Bonchev–Trinajstić information content (AvgIpc) is 3.30. The van der Waals surface area contributed by atoms with Crippen LogP contribution in [0.2, 0.25) is 0 Å². The molecular formula is C21H24N4O2S. The molecule has 0 N–H and O–H groups in total. The Bertz CT molecular complexity index is 1070. The molecule has 4 heterocycles. The number of ether oxygens (including phenoxy) is 1. The molecule has 0 atom stereocenters. The summed E-state index contributed by atoms with van der Waals surface area (Å²) in [6.07, 6.45) is 1.03. The van der Waals surface area contributed by atoms with Gasteiger partial charge in [0, 0.05) is 62.8 Å². The van der Waals surface area contributed by atoms with E-state index in [-0.39, 0.29) is 5.56 Å². The lowest BCUT2D eigenvalue weighted by molar-refractivity contribution is 0.121. The maximum Gasteiger partial charge on any atom is 0.259 e. The molecule has 7 heteroatoms. The summed E-state index contributed by atoms with van der Waals surface area (Å²) in [6, 6.07) is 8.28. The van der Waals surface area contributed by atoms with Crippen LogP contribution in [0.1, 0.15) is 22.5 Å². The van der Waals surface area contributed by atoms with E-state index < -0.39 is 0 Å². The first-order valence-corrected chi connectivity index (χ1v) is 10.7. The highest BCUT2D eigenvalue weighted by atomic mass is 32.1. The van der Waals surface area contributed by atoms with Crippen molar-refractivity contribution in [1.29, 1.82) is 0 Å². The Morgan fingerprint density at radius 2 is 1.89 bits per heavy atom. The van der Waals surface area contributed by atoms with Crippen molar-refractivity contribution in [3.63, 3.8) is 0 Å². The summed E-state index contributed by atoms with van der Waals surface area (Å²) in [7, 11) is 0. The molecular weight excluding hydrogens is 372 g/mol. The zero-order valence-electron chi connectivity index (χ0n) is 16.1. The summed E-state index contributed by atoms with van der Waals surface area (Å²) in [6.45, 7) is 8.55. The maximum atomic E-state index is 12.4. The number of aromatic nitrogens is 2. The lowest BCUT2D eigenvalue weighted by atomic mass is 10.1. The van der Waals surface area contributed by atoms with E-state index in [1.54, 1.807) is 10.5 Å². The summed E-state index contributed by atoms with van der Waals surface area (Å²) in [4.78, 5) is 22.7. The highest BCUT2D eigenvalue weighted by molar-refractivity contribution is 7.15. The first kappa shape index (κ1) is 17.8. The fraction of sp³-hybridized carbons (Fsp3) is 0.429. The Hall–Kier alpha value is -2.22. The van der Waals surface area contributed by atoms with Crippen LogP contribution < -0.4 is 10.3 Å². The topological polar surface area (TPSA) is 50.1 Å². The first-order chi connectivity index (χ1) is 13.7. The van der Waals surface area contributed by atoms with Crippen molar-refractivity contribution in [3.05, 3.63) is 62.5 Å². The monoisotopic (exact) mass is 396 g/mol. The van der Waals surface area contributed by atoms with Crippen LogP contribution in [-0.2, 0) is 19.5 Å². The molecule has 1 fully saturated rings. The molecule has 0 spiro atoms. The smallest absolute Gasteiger partial charge is 0.259 e. The minimum atomic E-state index is 0.0259. The number of piperazine rings is 1.